The third kappa shape index (κ3) is 9.86. The molecule has 0 aromatic carbocycles. The Morgan fingerprint density at radius 2 is 1.04 bits per heavy atom. The fourth-order valence-corrected chi connectivity index (χ4v) is 9.04. The molecule has 23 nitrogen and oxygen atoms in total. The quantitative estimate of drug-likeness (QED) is 0.157. The van der Waals surface area contributed by atoms with Gasteiger partial charge < -0.3 is 50.8 Å². The van der Waals surface area contributed by atoms with Crippen molar-refractivity contribution in [3.63, 3.8) is 0 Å². The molecule has 0 radical (unpaired) electrons. The van der Waals surface area contributed by atoms with E-state index in [9.17, 15) is 4.79 Å². The van der Waals surface area contributed by atoms with Gasteiger partial charge in [-0.25, -0.2) is 49.8 Å². The average Bonchev–Trinajstić information content (AvgIpc) is 3.89. The number of amides is 1. The maximum Gasteiger partial charge on any atom is 0.219 e. The maximum atomic E-state index is 11.2. The lowest BCUT2D eigenvalue weighted by atomic mass is 10.2. The van der Waals surface area contributed by atoms with Crippen LogP contribution >= 0.6 is 0 Å². The monoisotopic (exact) mass is 933 g/mol. The number of imidazole rings is 2. The van der Waals surface area contributed by atoms with Gasteiger partial charge in [0.15, 0.2) is 45.6 Å². The molecule has 0 bridgehead atoms. The Labute approximate surface area is 395 Å². The molecule has 10 heterocycles. The number of piperazine rings is 2. The number of nitrogen functional groups attached to an aromatic ring is 2. The number of nitrogens with two attached hydrogens (primary N) is 2. The van der Waals surface area contributed by atoms with Gasteiger partial charge in [-0.05, 0) is 25.7 Å². The van der Waals surface area contributed by atoms with Crippen molar-refractivity contribution < 1.29 is 14.3 Å². The minimum absolute atomic E-state index is 0.146. The van der Waals surface area contributed by atoms with Crippen molar-refractivity contribution in [1.82, 2.24) is 69.2 Å². The number of anilines is 6. The molecule has 5 N–H and O–H groups in total. The lowest BCUT2D eigenvalue weighted by molar-refractivity contribution is -0.118. The van der Waals surface area contributed by atoms with Crippen molar-refractivity contribution in [2.75, 3.05) is 123 Å². The predicted molar refractivity (Wildman–Crippen MR) is 261 cm³/mol. The summed E-state index contributed by atoms with van der Waals surface area (Å²) in [5.41, 5.74) is 16.1. The van der Waals surface area contributed by atoms with E-state index in [1.807, 2.05) is 0 Å². The van der Waals surface area contributed by atoms with Crippen molar-refractivity contribution in [3.05, 3.63) is 24.8 Å². The number of rotatable bonds is 11. The minimum Gasteiger partial charge on any atom is -0.377 e. The fraction of sp³-hybridized carbons (Fsp3) is 0.578. The second kappa shape index (κ2) is 20.3. The molecule has 6 aromatic rings. The first-order chi connectivity index (χ1) is 32.9. The first-order valence-electron chi connectivity index (χ1n) is 23.8. The van der Waals surface area contributed by atoms with E-state index >= 15 is 0 Å². The second-order valence-corrected chi connectivity index (χ2v) is 18.7. The van der Waals surface area contributed by atoms with Crippen LogP contribution in [0.5, 0.6) is 0 Å². The second-order valence-electron chi connectivity index (χ2n) is 18.7. The summed E-state index contributed by atoms with van der Waals surface area (Å²) in [6, 6.07) is 0.331. The number of hydrogen-bond donors (Lipinski definition) is 3. The van der Waals surface area contributed by atoms with Gasteiger partial charge in [-0.3, -0.25) is 13.9 Å². The zero-order chi connectivity index (χ0) is 47.5. The standard InChI is InChI=1S/C23H32N10O2.C22H32N10O/c1-15(2)12-33-21-18(27-23(33)31-6-4-30(14-34)5-7-31)20(32-8-9-35-13-16(32)3)28-19(29-21)17-10-25-22(24)26-11-17;1-14(2)12-32-20-17(27-22(32)30-6-4-24-5-7-30)19(31-8-9-33-13-15(31)3)28-18(29-20)16-10-25-21(23)26-11-16/h10-11,14-16H,4-9,12-13H2,1-3H3,(H2,24,25,26);10-11,14-15,24H,4-9,12-13H2,1-3H3,(H2,23,25,26)/t16-;15-/m00/s1. The smallest absolute Gasteiger partial charge is 0.219 e. The van der Waals surface area contributed by atoms with Gasteiger partial charge in [-0.15, -0.1) is 0 Å². The third-order valence-corrected chi connectivity index (χ3v) is 12.5. The van der Waals surface area contributed by atoms with E-state index in [2.05, 4.69) is 95.5 Å². The topological polar surface area (TPSA) is 255 Å². The van der Waals surface area contributed by atoms with Gasteiger partial charge in [-0.1, -0.05) is 27.7 Å². The van der Waals surface area contributed by atoms with Crippen molar-refractivity contribution in [3.8, 4) is 22.8 Å². The highest BCUT2D eigenvalue weighted by Gasteiger charge is 2.31. The van der Waals surface area contributed by atoms with Crippen LogP contribution in [0, 0.1) is 11.8 Å². The summed E-state index contributed by atoms with van der Waals surface area (Å²) < 4.78 is 15.8. The van der Waals surface area contributed by atoms with Crippen molar-refractivity contribution in [2.24, 2.45) is 11.8 Å². The molecule has 4 saturated heterocycles. The number of fused-ring (bicyclic) bond motifs is 2. The van der Waals surface area contributed by atoms with Crippen molar-refractivity contribution >= 4 is 64.2 Å². The molecule has 0 aliphatic carbocycles. The molecule has 4 aliphatic rings. The summed E-state index contributed by atoms with van der Waals surface area (Å²) in [6.07, 6.45) is 7.57. The Bertz CT molecular complexity index is 2660. The SMILES string of the molecule is CC(C)Cn1c(N2CCN(C=O)CC2)nc2c(N3CCOC[C@@H]3C)nc(-c3cnc(N)nc3)nc21.CC(C)Cn1c(N2CCNCC2)nc2c(N3CCOC[C@@H]3C)nc(-c3cnc(N)nc3)nc21. The lowest BCUT2D eigenvalue weighted by Crippen LogP contribution is -2.46. The van der Waals surface area contributed by atoms with Gasteiger partial charge in [0.1, 0.15) is 0 Å². The molecule has 4 aliphatic heterocycles. The Balaban J connectivity index is 0.000000170. The Hall–Kier alpha value is -6.59. The van der Waals surface area contributed by atoms with Crippen LogP contribution in [0.15, 0.2) is 24.8 Å². The average molecular weight is 933 g/mol. The van der Waals surface area contributed by atoms with Gasteiger partial charge >= 0.3 is 0 Å². The fourth-order valence-electron chi connectivity index (χ4n) is 9.04. The normalized spacial score (nSPS) is 19.3. The molecule has 0 saturated carbocycles. The van der Waals surface area contributed by atoms with Crippen LogP contribution in [0.2, 0.25) is 0 Å². The van der Waals surface area contributed by atoms with Crippen LogP contribution in [0.25, 0.3) is 45.1 Å². The zero-order valence-corrected chi connectivity index (χ0v) is 40.0. The van der Waals surface area contributed by atoms with Crippen molar-refractivity contribution in [1.29, 1.82) is 0 Å². The maximum absolute atomic E-state index is 11.2. The third-order valence-electron chi connectivity index (χ3n) is 12.5. The van der Waals surface area contributed by atoms with Gasteiger partial charge in [0, 0.05) is 103 Å². The molecule has 1 amide bonds. The van der Waals surface area contributed by atoms with Crippen LogP contribution in [-0.2, 0) is 27.4 Å². The molecular weight excluding hydrogens is 869 g/mol. The summed E-state index contributed by atoms with van der Waals surface area (Å²) in [7, 11) is 0. The van der Waals surface area contributed by atoms with Crippen LogP contribution in [0.3, 0.4) is 0 Å². The van der Waals surface area contributed by atoms with E-state index in [4.69, 9.17) is 50.8 Å². The highest BCUT2D eigenvalue weighted by Crippen LogP contribution is 2.35. The minimum atomic E-state index is 0.146. The molecule has 0 spiro atoms. The number of nitrogens with zero attached hydrogens (tertiary/aromatic N) is 17. The van der Waals surface area contributed by atoms with E-state index in [1.54, 1.807) is 29.7 Å². The number of carbonyl (C=O) groups is 1. The summed E-state index contributed by atoms with van der Waals surface area (Å²) in [5, 5.41) is 3.43. The highest BCUT2D eigenvalue weighted by molar-refractivity contribution is 5.89. The summed E-state index contributed by atoms with van der Waals surface area (Å²) >= 11 is 0. The molecule has 4 fully saturated rings. The number of morpholine rings is 2. The van der Waals surface area contributed by atoms with Crippen LogP contribution < -0.4 is 36.4 Å². The largest absolute Gasteiger partial charge is 0.377 e. The summed E-state index contributed by atoms with van der Waals surface area (Å²) in [4.78, 5) is 68.9. The number of ether oxygens (including phenoxy) is 2. The van der Waals surface area contributed by atoms with Gasteiger partial charge in [-0.2, -0.15) is 0 Å². The number of aromatic nitrogens is 12. The number of nitrogens with one attached hydrogen (secondary N) is 1. The van der Waals surface area contributed by atoms with E-state index in [0.29, 0.717) is 68.6 Å². The zero-order valence-electron chi connectivity index (χ0n) is 40.0. The van der Waals surface area contributed by atoms with Crippen LogP contribution in [0.1, 0.15) is 41.5 Å². The summed E-state index contributed by atoms with van der Waals surface area (Å²) in [6.45, 7) is 25.2. The molecule has 362 valence electrons. The van der Waals surface area contributed by atoms with E-state index in [0.717, 1.165) is 123 Å². The first kappa shape index (κ1) is 46.5. The molecule has 0 unspecified atom stereocenters. The molecule has 2 atom stereocenters. The number of hydrogen-bond acceptors (Lipinski definition) is 20. The molecule has 23 heteroatoms. The van der Waals surface area contributed by atoms with Crippen LogP contribution in [-0.4, -0.2) is 174 Å². The highest BCUT2D eigenvalue weighted by atomic mass is 16.5. The Morgan fingerprint density at radius 1 is 0.618 bits per heavy atom. The van der Waals surface area contributed by atoms with E-state index in [1.165, 1.54) is 0 Å². The number of carbonyl (C=O) groups excluding carboxylic acids is 1. The van der Waals surface area contributed by atoms with Gasteiger partial charge in [0.05, 0.1) is 49.6 Å². The first-order valence-corrected chi connectivity index (χ1v) is 23.8. The van der Waals surface area contributed by atoms with E-state index < -0.39 is 0 Å². The van der Waals surface area contributed by atoms with Crippen molar-refractivity contribution in [2.45, 2.75) is 66.7 Å². The van der Waals surface area contributed by atoms with Crippen LogP contribution in [0.4, 0.5) is 35.4 Å². The Morgan fingerprint density at radius 3 is 1.44 bits per heavy atom. The Kier molecular flexibility index (Phi) is 13.9. The van der Waals surface area contributed by atoms with E-state index in [-0.39, 0.29) is 24.0 Å². The van der Waals surface area contributed by atoms with Gasteiger partial charge in [0.25, 0.3) is 0 Å². The molecular formula is C45H64N20O3. The van der Waals surface area contributed by atoms with Gasteiger partial charge in [0.2, 0.25) is 30.2 Å². The molecule has 68 heavy (non-hydrogen) atoms. The lowest BCUT2D eigenvalue weighted by Gasteiger charge is -2.34. The molecule has 10 rings (SSSR count). The summed E-state index contributed by atoms with van der Waals surface area (Å²) in [5.74, 6) is 5.81. The molecule has 6 aromatic heterocycles. The predicted octanol–water partition coefficient (Wildman–Crippen LogP) is 2.18.